The summed E-state index contributed by atoms with van der Waals surface area (Å²) in [6.45, 7) is 1.99. The lowest BCUT2D eigenvalue weighted by molar-refractivity contribution is 0.851. The molecule has 2 nitrogen and oxygen atoms in total. The maximum absolute atomic E-state index is 11.1. The Labute approximate surface area is 70.4 Å². The molecular formula is C8H10ClNO. The molecule has 0 unspecified atom stereocenters. The Morgan fingerprint density at radius 3 is 2.64 bits per heavy atom. The van der Waals surface area contributed by atoms with Crippen LogP contribution in [0.1, 0.15) is 12.5 Å². The first-order valence-electron chi connectivity index (χ1n) is 3.50. The quantitative estimate of drug-likeness (QED) is 0.589. The molecule has 0 spiro atoms. The molecule has 1 aromatic heterocycles. The van der Waals surface area contributed by atoms with Crippen LogP contribution in [0.2, 0.25) is 5.15 Å². The van der Waals surface area contributed by atoms with E-state index in [4.69, 9.17) is 11.6 Å². The van der Waals surface area contributed by atoms with E-state index in [0.29, 0.717) is 5.15 Å². The van der Waals surface area contributed by atoms with Gasteiger partial charge in [0.15, 0.2) is 0 Å². The highest BCUT2D eigenvalue weighted by Gasteiger charge is 1.98. The second-order valence-corrected chi connectivity index (χ2v) is 2.82. The first-order valence-corrected chi connectivity index (χ1v) is 3.88. The molecule has 0 aromatic carbocycles. The molecule has 0 atom stereocenters. The van der Waals surface area contributed by atoms with Crippen LogP contribution < -0.4 is 5.56 Å². The molecule has 0 saturated heterocycles. The Morgan fingerprint density at radius 2 is 2.18 bits per heavy atom. The summed E-state index contributed by atoms with van der Waals surface area (Å²) in [7, 11) is 1.66. The number of rotatable bonds is 1. The third-order valence-electron chi connectivity index (χ3n) is 1.67. The van der Waals surface area contributed by atoms with Gasteiger partial charge in [-0.15, -0.1) is 0 Å². The van der Waals surface area contributed by atoms with Crippen molar-refractivity contribution in [3.8, 4) is 0 Å². The molecule has 1 rings (SSSR count). The molecule has 0 amide bonds. The number of nitrogens with zero attached hydrogens (tertiary/aromatic N) is 1. The number of pyridine rings is 1. The molecule has 60 valence electrons. The maximum atomic E-state index is 11.1. The average molecular weight is 172 g/mol. The molecule has 0 aliphatic carbocycles. The lowest BCUT2D eigenvalue weighted by Crippen LogP contribution is -2.16. The van der Waals surface area contributed by atoms with E-state index in [1.165, 1.54) is 4.57 Å². The van der Waals surface area contributed by atoms with E-state index in [2.05, 4.69) is 0 Å². The van der Waals surface area contributed by atoms with Crippen LogP contribution in [-0.2, 0) is 13.5 Å². The van der Waals surface area contributed by atoms with E-state index in [1.807, 2.05) is 13.0 Å². The molecule has 3 heteroatoms. The highest BCUT2D eigenvalue weighted by Crippen LogP contribution is 2.06. The number of hydrogen-bond acceptors (Lipinski definition) is 1. The Morgan fingerprint density at radius 1 is 1.55 bits per heavy atom. The molecule has 0 N–H and O–H groups in total. The molecule has 1 heterocycles. The number of halogens is 1. The van der Waals surface area contributed by atoms with Gasteiger partial charge in [0.25, 0.3) is 5.56 Å². The zero-order chi connectivity index (χ0) is 8.43. The second-order valence-electron chi connectivity index (χ2n) is 2.44. The standard InChI is InChI=1S/C8H10ClNO/c1-3-6-4-7(9)10(2)8(11)5-6/h4-5H,3H2,1-2H3. The molecule has 0 fully saturated rings. The third kappa shape index (κ3) is 1.63. The number of hydrogen-bond donors (Lipinski definition) is 0. The molecule has 1 aromatic rings. The summed E-state index contributed by atoms with van der Waals surface area (Å²) in [5, 5.41) is 0.495. The van der Waals surface area contributed by atoms with Gasteiger partial charge in [-0.1, -0.05) is 18.5 Å². The lowest BCUT2D eigenvalue weighted by atomic mass is 10.2. The SMILES string of the molecule is CCc1cc(Cl)n(C)c(=O)c1. The summed E-state index contributed by atoms with van der Waals surface area (Å²) in [5.74, 6) is 0. The number of aryl methyl sites for hydroxylation is 1. The summed E-state index contributed by atoms with van der Waals surface area (Å²) >= 11 is 5.76. The van der Waals surface area contributed by atoms with E-state index in [9.17, 15) is 4.79 Å². The summed E-state index contributed by atoms with van der Waals surface area (Å²) in [5.41, 5.74) is 0.937. The van der Waals surface area contributed by atoms with Crippen molar-refractivity contribution in [1.29, 1.82) is 0 Å². The van der Waals surface area contributed by atoms with Crippen LogP contribution in [0.4, 0.5) is 0 Å². The van der Waals surface area contributed by atoms with E-state index in [1.54, 1.807) is 13.1 Å². The molecule has 0 aliphatic heterocycles. The van der Waals surface area contributed by atoms with Crippen molar-refractivity contribution in [2.24, 2.45) is 7.05 Å². The van der Waals surface area contributed by atoms with Gasteiger partial charge in [0, 0.05) is 13.1 Å². The van der Waals surface area contributed by atoms with Gasteiger partial charge in [-0.25, -0.2) is 0 Å². The van der Waals surface area contributed by atoms with E-state index in [-0.39, 0.29) is 5.56 Å². The fourth-order valence-electron chi connectivity index (χ4n) is 0.856. The maximum Gasteiger partial charge on any atom is 0.251 e. The third-order valence-corrected chi connectivity index (χ3v) is 2.04. The van der Waals surface area contributed by atoms with Crippen LogP contribution in [-0.4, -0.2) is 4.57 Å². The predicted molar refractivity (Wildman–Crippen MR) is 46.1 cm³/mol. The van der Waals surface area contributed by atoms with Crippen LogP contribution in [0.5, 0.6) is 0 Å². The van der Waals surface area contributed by atoms with Crippen molar-refractivity contribution in [3.63, 3.8) is 0 Å². The summed E-state index contributed by atoms with van der Waals surface area (Å²) in [4.78, 5) is 11.1. The van der Waals surface area contributed by atoms with Gasteiger partial charge < -0.3 is 4.57 Å². The first kappa shape index (κ1) is 8.34. The van der Waals surface area contributed by atoms with E-state index >= 15 is 0 Å². The van der Waals surface area contributed by atoms with Crippen molar-refractivity contribution in [2.75, 3.05) is 0 Å². The largest absolute Gasteiger partial charge is 0.302 e. The van der Waals surface area contributed by atoms with E-state index < -0.39 is 0 Å². The van der Waals surface area contributed by atoms with Gasteiger partial charge in [-0.05, 0) is 18.1 Å². The molecule has 11 heavy (non-hydrogen) atoms. The summed E-state index contributed by atoms with van der Waals surface area (Å²) in [6.07, 6.45) is 0.843. The number of aromatic nitrogens is 1. The molecule has 0 saturated carbocycles. The lowest BCUT2D eigenvalue weighted by Gasteiger charge is -2.01. The Bertz CT molecular complexity index is 316. The Hall–Kier alpha value is -0.760. The molecule has 0 bridgehead atoms. The van der Waals surface area contributed by atoms with Gasteiger partial charge in [-0.3, -0.25) is 4.79 Å². The van der Waals surface area contributed by atoms with Crippen LogP contribution in [0.15, 0.2) is 16.9 Å². The average Bonchev–Trinajstić information content (AvgIpc) is 1.99. The second kappa shape index (κ2) is 3.09. The highest BCUT2D eigenvalue weighted by molar-refractivity contribution is 6.29. The smallest absolute Gasteiger partial charge is 0.251 e. The normalized spacial score (nSPS) is 10.1. The topological polar surface area (TPSA) is 22.0 Å². The van der Waals surface area contributed by atoms with Crippen LogP contribution in [0, 0.1) is 0 Å². The highest BCUT2D eigenvalue weighted by atomic mass is 35.5. The van der Waals surface area contributed by atoms with Gasteiger partial charge in [0.05, 0.1) is 0 Å². The molecule has 0 aliphatic rings. The Balaban J connectivity index is 3.32. The summed E-state index contributed by atoms with van der Waals surface area (Å²) < 4.78 is 1.42. The zero-order valence-electron chi connectivity index (χ0n) is 6.60. The van der Waals surface area contributed by atoms with Crippen molar-refractivity contribution in [1.82, 2.24) is 4.57 Å². The van der Waals surface area contributed by atoms with Crippen molar-refractivity contribution >= 4 is 11.6 Å². The fraction of sp³-hybridized carbons (Fsp3) is 0.375. The van der Waals surface area contributed by atoms with Gasteiger partial charge in [0.2, 0.25) is 0 Å². The first-order chi connectivity index (χ1) is 5.15. The summed E-state index contributed by atoms with van der Waals surface area (Å²) in [6, 6.07) is 3.41. The van der Waals surface area contributed by atoms with Crippen molar-refractivity contribution in [3.05, 3.63) is 33.2 Å². The van der Waals surface area contributed by atoms with Gasteiger partial charge in [-0.2, -0.15) is 0 Å². The molecular weight excluding hydrogens is 162 g/mol. The van der Waals surface area contributed by atoms with Crippen LogP contribution in [0.3, 0.4) is 0 Å². The van der Waals surface area contributed by atoms with Gasteiger partial charge >= 0.3 is 0 Å². The fourth-order valence-corrected chi connectivity index (χ4v) is 1.08. The Kier molecular flexibility index (Phi) is 2.35. The van der Waals surface area contributed by atoms with Crippen LogP contribution >= 0.6 is 11.6 Å². The van der Waals surface area contributed by atoms with Gasteiger partial charge in [0.1, 0.15) is 5.15 Å². The van der Waals surface area contributed by atoms with Crippen molar-refractivity contribution < 1.29 is 0 Å². The van der Waals surface area contributed by atoms with Crippen molar-refractivity contribution in [2.45, 2.75) is 13.3 Å². The molecule has 0 radical (unpaired) electrons. The minimum Gasteiger partial charge on any atom is -0.302 e. The zero-order valence-corrected chi connectivity index (χ0v) is 7.35. The van der Waals surface area contributed by atoms with E-state index in [0.717, 1.165) is 12.0 Å². The monoisotopic (exact) mass is 171 g/mol. The predicted octanol–water partition coefficient (Wildman–Crippen LogP) is 1.60. The minimum absolute atomic E-state index is 0.0469. The van der Waals surface area contributed by atoms with Crippen LogP contribution in [0.25, 0.3) is 0 Å². The minimum atomic E-state index is -0.0469.